The SMILES string of the molecule is CC(C)(O)Cn1cc(-c2cnc(Nc3ccc4c(c3)CCNC4=O)nc2N[C@H](CO)c2ccccc2)cn1. The van der Waals surface area contributed by atoms with E-state index in [2.05, 4.69) is 26.0 Å². The van der Waals surface area contributed by atoms with Crippen LogP contribution in [0.1, 0.15) is 41.4 Å². The predicted octanol–water partition coefficient (Wildman–Crippen LogP) is 3.29. The lowest BCUT2D eigenvalue weighted by Gasteiger charge is -2.20. The molecule has 0 unspecified atom stereocenters. The van der Waals surface area contributed by atoms with E-state index in [9.17, 15) is 15.0 Å². The Hall–Kier alpha value is -4.28. The molecular weight excluding hydrogens is 482 g/mol. The number of hydrogen-bond donors (Lipinski definition) is 5. The molecular formula is C28H31N7O3. The van der Waals surface area contributed by atoms with Gasteiger partial charge in [0.05, 0.1) is 31.0 Å². The Balaban J connectivity index is 1.48. The average molecular weight is 514 g/mol. The van der Waals surface area contributed by atoms with Crippen LogP contribution >= 0.6 is 0 Å². The van der Waals surface area contributed by atoms with Gasteiger partial charge in [0.25, 0.3) is 5.91 Å². The Morgan fingerprint density at radius 2 is 1.95 bits per heavy atom. The smallest absolute Gasteiger partial charge is 0.251 e. The third-order valence-corrected chi connectivity index (χ3v) is 6.26. The standard InChI is InChI=1S/C28H31N7O3/c1-28(2,38)17-35-15-20(13-31-35)23-14-30-27(32-21-8-9-22-19(12-21)10-11-29-26(22)37)34-25(23)33-24(16-36)18-6-4-3-5-7-18/h3-9,12-15,24,36,38H,10-11,16-17H2,1-2H3,(H,29,37)(H2,30,32,33,34)/t24-/m1/s1. The molecule has 1 amide bonds. The van der Waals surface area contributed by atoms with Crippen LogP contribution in [0.25, 0.3) is 11.1 Å². The topological polar surface area (TPSA) is 137 Å². The summed E-state index contributed by atoms with van der Waals surface area (Å²) in [6.07, 6.45) is 6.00. The molecule has 2 aromatic heterocycles. The van der Waals surface area contributed by atoms with Crippen molar-refractivity contribution in [2.24, 2.45) is 0 Å². The van der Waals surface area contributed by atoms with E-state index in [-0.39, 0.29) is 12.5 Å². The number of amides is 1. The first kappa shape index (κ1) is 25.4. The fraction of sp³-hybridized carbons (Fsp3) is 0.286. The molecule has 10 nitrogen and oxygen atoms in total. The van der Waals surface area contributed by atoms with Crippen molar-refractivity contribution in [3.8, 4) is 11.1 Å². The van der Waals surface area contributed by atoms with Gasteiger partial charge in [-0.05, 0) is 49.6 Å². The van der Waals surface area contributed by atoms with Crippen LogP contribution < -0.4 is 16.0 Å². The summed E-state index contributed by atoms with van der Waals surface area (Å²) in [4.78, 5) is 21.4. The third kappa shape index (κ3) is 5.82. The second-order valence-corrected chi connectivity index (χ2v) is 9.99. The van der Waals surface area contributed by atoms with Gasteiger partial charge in [-0.1, -0.05) is 30.3 Å². The Bertz CT molecular complexity index is 1430. The van der Waals surface area contributed by atoms with Crippen LogP contribution in [-0.4, -0.2) is 54.6 Å². The summed E-state index contributed by atoms with van der Waals surface area (Å²) in [5.74, 6) is 0.821. The summed E-state index contributed by atoms with van der Waals surface area (Å²) < 4.78 is 1.68. The van der Waals surface area contributed by atoms with Crippen LogP contribution in [0.2, 0.25) is 0 Å². The lowest BCUT2D eigenvalue weighted by molar-refractivity contribution is 0.0577. The van der Waals surface area contributed by atoms with Crippen LogP contribution in [0, 0.1) is 0 Å². The van der Waals surface area contributed by atoms with Crippen molar-refractivity contribution in [3.05, 3.63) is 83.8 Å². The highest BCUT2D eigenvalue weighted by Gasteiger charge is 2.20. The van der Waals surface area contributed by atoms with Crippen molar-refractivity contribution in [2.75, 3.05) is 23.8 Å². The number of hydrogen-bond acceptors (Lipinski definition) is 8. The molecule has 5 N–H and O–H groups in total. The number of fused-ring (bicyclic) bond motifs is 1. The minimum atomic E-state index is -0.917. The summed E-state index contributed by atoms with van der Waals surface area (Å²) >= 11 is 0. The van der Waals surface area contributed by atoms with Gasteiger partial charge in [-0.2, -0.15) is 10.1 Å². The van der Waals surface area contributed by atoms with Gasteiger partial charge >= 0.3 is 0 Å². The summed E-state index contributed by atoms with van der Waals surface area (Å²) in [5.41, 5.74) is 3.90. The maximum absolute atomic E-state index is 12.1. The van der Waals surface area contributed by atoms with E-state index in [0.29, 0.717) is 36.0 Å². The summed E-state index contributed by atoms with van der Waals surface area (Å²) in [6.45, 7) is 4.25. The Morgan fingerprint density at radius 1 is 1.13 bits per heavy atom. The Morgan fingerprint density at radius 3 is 2.71 bits per heavy atom. The van der Waals surface area contributed by atoms with Crippen LogP contribution in [0.5, 0.6) is 0 Å². The first-order valence-corrected chi connectivity index (χ1v) is 12.5. The van der Waals surface area contributed by atoms with Gasteiger partial charge in [-0.3, -0.25) is 9.48 Å². The summed E-state index contributed by atoms with van der Waals surface area (Å²) in [6, 6.07) is 14.8. The number of rotatable bonds is 9. The highest BCUT2D eigenvalue weighted by molar-refractivity contribution is 5.97. The molecule has 38 heavy (non-hydrogen) atoms. The molecule has 5 rings (SSSR count). The van der Waals surface area contributed by atoms with E-state index in [4.69, 9.17) is 4.98 Å². The van der Waals surface area contributed by atoms with Crippen LogP contribution in [0.3, 0.4) is 0 Å². The molecule has 0 aliphatic carbocycles. The number of aliphatic hydroxyl groups is 2. The van der Waals surface area contributed by atoms with Gasteiger partial charge in [0, 0.05) is 41.3 Å². The molecule has 196 valence electrons. The molecule has 1 aliphatic heterocycles. The largest absolute Gasteiger partial charge is 0.394 e. The Labute approximate surface area is 220 Å². The van der Waals surface area contributed by atoms with Crippen LogP contribution in [-0.2, 0) is 13.0 Å². The second kappa shape index (κ2) is 10.6. The van der Waals surface area contributed by atoms with Gasteiger partial charge in [0.1, 0.15) is 5.82 Å². The molecule has 10 heteroatoms. The number of nitrogens with one attached hydrogen (secondary N) is 3. The highest BCUT2D eigenvalue weighted by atomic mass is 16.3. The normalized spacial score (nSPS) is 13.9. The van der Waals surface area contributed by atoms with E-state index in [0.717, 1.165) is 28.8 Å². The van der Waals surface area contributed by atoms with E-state index in [1.807, 2.05) is 48.7 Å². The molecule has 2 aromatic carbocycles. The maximum Gasteiger partial charge on any atom is 0.251 e. The molecule has 0 saturated carbocycles. The highest BCUT2D eigenvalue weighted by Crippen LogP contribution is 2.31. The van der Waals surface area contributed by atoms with Gasteiger partial charge in [0.2, 0.25) is 5.95 Å². The van der Waals surface area contributed by atoms with Crippen molar-refractivity contribution in [2.45, 2.75) is 38.5 Å². The van der Waals surface area contributed by atoms with E-state index < -0.39 is 11.6 Å². The average Bonchev–Trinajstić information content (AvgIpc) is 3.34. The number of nitrogens with zero attached hydrogens (tertiary/aromatic N) is 4. The number of aliphatic hydroxyl groups excluding tert-OH is 1. The molecule has 0 radical (unpaired) electrons. The first-order chi connectivity index (χ1) is 18.3. The van der Waals surface area contributed by atoms with Crippen molar-refractivity contribution < 1.29 is 15.0 Å². The number of carbonyl (C=O) groups is 1. The molecule has 1 aliphatic rings. The van der Waals surface area contributed by atoms with E-state index >= 15 is 0 Å². The lowest BCUT2D eigenvalue weighted by Crippen LogP contribution is -2.31. The van der Waals surface area contributed by atoms with E-state index in [1.54, 1.807) is 37.0 Å². The van der Waals surface area contributed by atoms with E-state index in [1.165, 1.54) is 0 Å². The molecule has 1 atom stereocenters. The molecule has 4 aromatic rings. The van der Waals surface area contributed by atoms with Gasteiger partial charge in [0.15, 0.2) is 0 Å². The van der Waals surface area contributed by atoms with Crippen molar-refractivity contribution in [1.29, 1.82) is 0 Å². The minimum Gasteiger partial charge on any atom is -0.394 e. The monoisotopic (exact) mass is 513 g/mol. The van der Waals surface area contributed by atoms with Crippen molar-refractivity contribution >= 4 is 23.4 Å². The maximum atomic E-state index is 12.1. The van der Waals surface area contributed by atoms with Crippen LogP contribution in [0.15, 0.2) is 67.1 Å². The van der Waals surface area contributed by atoms with Crippen LogP contribution in [0.4, 0.5) is 17.5 Å². The number of anilines is 3. The summed E-state index contributed by atoms with van der Waals surface area (Å²) in [5, 5.41) is 34.2. The molecule has 0 bridgehead atoms. The molecule has 0 fully saturated rings. The predicted molar refractivity (Wildman–Crippen MR) is 145 cm³/mol. The first-order valence-electron chi connectivity index (χ1n) is 12.5. The zero-order valence-electron chi connectivity index (χ0n) is 21.3. The molecule has 0 saturated heterocycles. The van der Waals surface area contributed by atoms with Gasteiger partial charge < -0.3 is 26.2 Å². The fourth-order valence-electron chi connectivity index (χ4n) is 4.47. The molecule has 3 heterocycles. The summed E-state index contributed by atoms with van der Waals surface area (Å²) in [7, 11) is 0. The van der Waals surface area contributed by atoms with Gasteiger partial charge in [-0.15, -0.1) is 0 Å². The second-order valence-electron chi connectivity index (χ2n) is 9.99. The number of aromatic nitrogens is 4. The lowest BCUT2D eigenvalue weighted by atomic mass is 10.00. The zero-order chi connectivity index (χ0) is 26.7. The molecule has 0 spiro atoms. The number of benzene rings is 2. The zero-order valence-corrected chi connectivity index (χ0v) is 21.3. The quantitative estimate of drug-likeness (QED) is 0.230. The number of carbonyl (C=O) groups excluding carboxylic acids is 1. The van der Waals surface area contributed by atoms with Gasteiger partial charge in [-0.25, -0.2) is 4.98 Å². The van der Waals surface area contributed by atoms with Crippen molar-refractivity contribution in [1.82, 2.24) is 25.1 Å². The Kier molecular flexibility index (Phi) is 7.08. The minimum absolute atomic E-state index is 0.0639. The fourth-order valence-corrected chi connectivity index (χ4v) is 4.47. The third-order valence-electron chi connectivity index (χ3n) is 6.26. The van der Waals surface area contributed by atoms with Crippen molar-refractivity contribution in [3.63, 3.8) is 0 Å².